The second-order valence-electron chi connectivity index (χ2n) is 5.55. The van der Waals surface area contributed by atoms with Crippen LogP contribution in [0.2, 0.25) is 0 Å². The summed E-state index contributed by atoms with van der Waals surface area (Å²) in [5.41, 5.74) is 0. The minimum absolute atomic E-state index is 0.158. The number of carbonyl (C=O) groups is 1. The largest absolute Gasteiger partial charge is 0.465 e. The van der Waals surface area contributed by atoms with Gasteiger partial charge in [-0.2, -0.15) is 0 Å². The molecule has 0 aromatic rings. The molecule has 0 aliphatic heterocycles. The first kappa shape index (κ1) is 17.4. The van der Waals surface area contributed by atoms with Crippen molar-refractivity contribution in [2.75, 3.05) is 20.2 Å². The Kier molecular flexibility index (Phi) is 8.20. The van der Waals surface area contributed by atoms with Crippen molar-refractivity contribution >= 4 is 5.97 Å². The molecular formula is C14H30N2O2. The van der Waals surface area contributed by atoms with Gasteiger partial charge in [-0.25, -0.2) is 0 Å². The lowest BCUT2D eigenvalue weighted by atomic mass is 10.0. The molecule has 0 aliphatic carbocycles. The smallest absolute Gasteiger partial charge is 0.324 e. The van der Waals surface area contributed by atoms with Crippen molar-refractivity contribution in [3.05, 3.63) is 0 Å². The third-order valence-corrected chi connectivity index (χ3v) is 3.24. The molecule has 0 amide bonds. The molecule has 18 heavy (non-hydrogen) atoms. The topological polar surface area (TPSA) is 41.6 Å². The maximum Gasteiger partial charge on any atom is 0.324 e. The van der Waals surface area contributed by atoms with Gasteiger partial charge in [0.25, 0.3) is 0 Å². The fourth-order valence-corrected chi connectivity index (χ4v) is 1.80. The van der Waals surface area contributed by atoms with E-state index in [-0.39, 0.29) is 18.1 Å². The Morgan fingerprint density at radius 1 is 1.22 bits per heavy atom. The minimum Gasteiger partial charge on any atom is -0.465 e. The Labute approximate surface area is 112 Å². The van der Waals surface area contributed by atoms with E-state index in [0.717, 1.165) is 0 Å². The molecule has 1 N–H and O–H groups in total. The first-order valence-electron chi connectivity index (χ1n) is 6.92. The van der Waals surface area contributed by atoms with Crippen LogP contribution < -0.4 is 5.32 Å². The van der Waals surface area contributed by atoms with E-state index < -0.39 is 0 Å². The third-order valence-electron chi connectivity index (χ3n) is 3.24. The average molecular weight is 258 g/mol. The van der Waals surface area contributed by atoms with Gasteiger partial charge in [0.1, 0.15) is 6.04 Å². The van der Waals surface area contributed by atoms with Crippen molar-refractivity contribution in [1.29, 1.82) is 0 Å². The zero-order valence-electron chi connectivity index (χ0n) is 13.0. The summed E-state index contributed by atoms with van der Waals surface area (Å²) >= 11 is 0. The van der Waals surface area contributed by atoms with Crippen LogP contribution in [0.15, 0.2) is 0 Å². The van der Waals surface area contributed by atoms with Gasteiger partial charge < -0.3 is 15.0 Å². The highest BCUT2D eigenvalue weighted by Gasteiger charge is 2.24. The molecule has 2 atom stereocenters. The van der Waals surface area contributed by atoms with Gasteiger partial charge in [0.15, 0.2) is 0 Å². The second kappa shape index (κ2) is 8.48. The van der Waals surface area contributed by atoms with Crippen LogP contribution in [-0.4, -0.2) is 49.2 Å². The SMILES string of the molecule is CCOC(=O)C(CN(C)C(C)C(C)C)NC(C)C. The van der Waals surface area contributed by atoms with E-state index >= 15 is 0 Å². The lowest BCUT2D eigenvalue weighted by Crippen LogP contribution is -2.50. The number of carbonyl (C=O) groups excluding carboxylic acids is 1. The van der Waals surface area contributed by atoms with Gasteiger partial charge in [-0.3, -0.25) is 4.79 Å². The molecule has 0 aromatic carbocycles. The lowest BCUT2D eigenvalue weighted by Gasteiger charge is -2.31. The normalized spacial score (nSPS) is 15.2. The number of rotatable bonds is 8. The van der Waals surface area contributed by atoms with Crippen LogP contribution in [-0.2, 0) is 9.53 Å². The standard InChI is InChI=1S/C14H30N2O2/c1-8-18-14(17)13(15-11(4)5)9-16(7)12(6)10(2)3/h10-13,15H,8-9H2,1-7H3. The minimum atomic E-state index is -0.254. The van der Waals surface area contributed by atoms with Crippen molar-refractivity contribution in [3.63, 3.8) is 0 Å². The average Bonchev–Trinajstić information content (AvgIpc) is 2.26. The third kappa shape index (κ3) is 6.36. The molecule has 108 valence electrons. The number of likely N-dealkylation sites (N-methyl/N-ethyl adjacent to an activating group) is 1. The molecule has 0 radical (unpaired) electrons. The van der Waals surface area contributed by atoms with Crippen molar-refractivity contribution in [3.8, 4) is 0 Å². The fourth-order valence-electron chi connectivity index (χ4n) is 1.80. The van der Waals surface area contributed by atoms with Crippen LogP contribution in [0.4, 0.5) is 0 Å². The summed E-state index contributed by atoms with van der Waals surface area (Å²) in [6, 6.07) is 0.453. The summed E-state index contributed by atoms with van der Waals surface area (Å²) in [4.78, 5) is 14.1. The van der Waals surface area contributed by atoms with Crippen molar-refractivity contribution in [1.82, 2.24) is 10.2 Å². The summed E-state index contributed by atoms with van der Waals surface area (Å²) < 4.78 is 5.12. The van der Waals surface area contributed by atoms with Crippen LogP contribution >= 0.6 is 0 Å². The van der Waals surface area contributed by atoms with Gasteiger partial charge in [0, 0.05) is 18.6 Å². The van der Waals surface area contributed by atoms with Crippen LogP contribution in [0.25, 0.3) is 0 Å². The van der Waals surface area contributed by atoms with Gasteiger partial charge in [-0.1, -0.05) is 27.7 Å². The van der Waals surface area contributed by atoms with Crippen molar-refractivity contribution < 1.29 is 9.53 Å². The Morgan fingerprint density at radius 2 is 1.78 bits per heavy atom. The molecule has 0 saturated carbocycles. The Bertz CT molecular complexity index is 242. The van der Waals surface area contributed by atoms with Crippen LogP contribution in [0, 0.1) is 5.92 Å². The van der Waals surface area contributed by atoms with Gasteiger partial charge in [-0.05, 0) is 26.8 Å². The molecular weight excluding hydrogens is 228 g/mol. The van der Waals surface area contributed by atoms with E-state index in [4.69, 9.17) is 4.74 Å². The first-order chi connectivity index (χ1) is 8.29. The Hall–Kier alpha value is -0.610. The van der Waals surface area contributed by atoms with Crippen molar-refractivity contribution in [2.24, 2.45) is 5.92 Å². The summed E-state index contributed by atoms with van der Waals surface area (Å²) in [5.74, 6) is 0.408. The van der Waals surface area contributed by atoms with Gasteiger partial charge in [0.05, 0.1) is 6.61 Å². The van der Waals surface area contributed by atoms with E-state index in [1.807, 2.05) is 20.8 Å². The summed E-state index contributed by atoms with van der Waals surface area (Å²) in [6.07, 6.45) is 0. The Morgan fingerprint density at radius 3 is 2.17 bits per heavy atom. The monoisotopic (exact) mass is 258 g/mol. The fraction of sp³-hybridized carbons (Fsp3) is 0.929. The van der Waals surface area contributed by atoms with Gasteiger partial charge >= 0.3 is 5.97 Å². The number of esters is 1. The highest BCUT2D eigenvalue weighted by atomic mass is 16.5. The molecule has 0 fully saturated rings. The van der Waals surface area contributed by atoms with Crippen molar-refractivity contribution in [2.45, 2.75) is 59.7 Å². The molecule has 0 heterocycles. The number of nitrogens with one attached hydrogen (secondary N) is 1. The molecule has 0 rings (SSSR count). The summed E-state index contributed by atoms with van der Waals surface area (Å²) in [6.45, 7) is 13.6. The van der Waals surface area contributed by atoms with E-state index in [1.54, 1.807) is 0 Å². The highest BCUT2D eigenvalue weighted by Crippen LogP contribution is 2.09. The molecule has 0 aromatic heterocycles. The zero-order chi connectivity index (χ0) is 14.3. The van der Waals surface area contributed by atoms with Crippen LogP contribution in [0.1, 0.15) is 41.5 Å². The second-order valence-corrected chi connectivity index (χ2v) is 5.55. The molecule has 4 nitrogen and oxygen atoms in total. The highest BCUT2D eigenvalue weighted by molar-refractivity contribution is 5.76. The quantitative estimate of drug-likeness (QED) is 0.675. The maximum atomic E-state index is 11.9. The summed E-state index contributed by atoms with van der Waals surface area (Å²) in [5, 5.41) is 3.27. The maximum absolute atomic E-state index is 11.9. The predicted molar refractivity (Wildman–Crippen MR) is 75.6 cm³/mol. The number of nitrogens with zero attached hydrogens (tertiary/aromatic N) is 1. The zero-order valence-corrected chi connectivity index (χ0v) is 13.0. The van der Waals surface area contributed by atoms with Crippen LogP contribution in [0.5, 0.6) is 0 Å². The number of hydrogen-bond acceptors (Lipinski definition) is 4. The molecule has 4 heteroatoms. The molecule has 2 unspecified atom stereocenters. The van der Waals surface area contributed by atoms with Crippen LogP contribution in [0.3, 0.4) is 0 Å². The predicted octanol–water partition coefficient (Wildman–Crippen LogP) is 1.89. The molecule has 0 saturated heterocycles. The lowest BCUT2D eigenvalue weighted by molar-refractivity contribution is -0.146. The van der Waals surface area contributed by atoms with Gasteiger partial charge in [-0.15, -0.1) is 0 Å². The first-order valence-corrected chi connectivity index (χ1v) is 6.92. The number of ether oxygens (including phenoxy) is 1. The molecule has 0 spiro atoms. The van der Waals surface area contributed by atoms with E-state index in [0.29, 0.717) is 25.1 Å². The van der Waals surface area contributed by atoms with E-state index in [9.17, 15) is 4.79 Å². The Balaban J connectivity index is 4.52. The van der Waals surface area contributed by atoms with Gasteiger partial charge in [0.2, 0.25) is 0 Å². The summed E-state index contributed by atoms with van der Waals surface area (Å²) in [7, 11) is 2.05. The molecule has 0 aliphatic rings. The van der Waals surface area contributed by atoms with E-state index in [2.05, 4.69) is 38.0 Å². The van der Waals surface area contributed by atoms with E-state index in [1.165, 1.54) is 0 Å². The number of hydrogen-bond donors (Lipinski definition) is 1. The molecule has 0 bridgehead atoms.